The number of nitrogens with zero attached hydrogens (tertiary/aromatic N) is 4. The average Bonchev–Trinajstić information content (AvgIpc) is 3.02. The van der Waals surface area contributed by atoms with Crippen molar-refractivity contribution in [2.45, 2.75) is 19.3 Å². The summed E-state index contributed by atoms with van der Waals surface area (Å²) in [7, 11) is 1.84. The van der Waals surface area contributed by atoms with Gasteiger partial charge in [0.15, 0.2) is 11.5 Å². The number of H-pyrrole nitrogens is 1. The second-order valence-electron chi connectivity index (χ2n) is 5.61. The average molecular weight is 300 g/mol. The molecule has 22 heavy (non-hydrogen) atoms. The summed E-state index contributed by atoms with van der Waals surface area (Å²) in [5.74, 6) is 1.24. The minimum Gasteiger partial charge on any atom is -0.354 e. The lowest BCUT2D eigenvalue weighted by Gasteiger charge is -2.21. The summed E-state index contributed by atoms with van der Waals surface area (Å²) < 4.78 is 0. The minimum atomic E-state index is 0.00308. The molecule has 1 atom stereocenters. The molecular weight excluding hydrogens is 280 g/mol. The van der Waals surface area contributed by atoms with Crippen molar-refractivity contribution in [3.8, 4) is 0 Å². The molecule has 2 aromatic heterocycles. The number of hydrogen-bond donors (Lipinski definition) is 2. The highest BCUT2D eigenvalue weighted by Gasteiger charge is 2.15. The summed E-state index contributed by atoms with van der Waals surface area (Å²) in [5.41, 5.74) is 1.35. The van der Waals surface area contributed by atoms with Crippen molar-refractivity contribution in [2.24, 2.45) is 5.92 Å². The van der Waals surface area contributed by atoms with E-state index in [9.17, 15) is 4.79 Å². The van der Waals surface area contributed by atoms with Crippen molar-refractivity contribution in [3.63, 3.8) is 0 Å². The van der Waals surface area contributed by atoms with E-state index in [4.69, 9.17) is 0 Å². The van der Waals surface area contributed by atoms with Gasteiger partial charge in [-0.15, -0.1) is 0 Å². The molecule has 0 saturated heterocycles. The van der Waals surface area contributed by atoms with Crippen LogP contribution < -0.4 is 10.2 Å². The number of aromatic amines is 1. The number of hydrogen-bond acceptors (Lipinski definition) is 5. The number of allylic oxidation sites excluding steroid dienone is 2. The van der Waals surface area contributed by atoms with Gasteiger partial charge in [0, 0.05) is 13.6 Å². The van der Waals surface area contributed by atoms with Gasteiger partial charge in [0.05, 0.1) is 12.9 Å². The van der Waals surface area contributed by atoms with Crippen LogP contribution in [0.4, 0.5) is 5.82 Å². The van der Waals surface area contributed by atoms with Gasteiger partial charge < -0.3 is 15.2 Å². The SMILES string of the molecule is CN(CC(=O)NCC1CC=CCC1)c1ncnc2nc[nH]c12. The maximum atomic E-state index is 12.1. The van der Waals surface area contributed by atoms with Crippen LogP contribution in [0.25, 0.3) is 11.2 Å². The molecule has 1 aliphatic carbocycles. The van der Waals surface area contributed by atoms with Crippen LogP contribution in [0.1, 0.15) is 19.3 Å². The normalized spacial score (nSPS) is 17.6. The molecule has 3 rings (SSSR count). The van der Waals surface area contributed by atoms with Crippen LogP contribution in [0.2, 0.25) is 0 Å². The van der Waals surface area contributed by atoms with Crippen molar-refractivity contribution in [2.75, 3.05) is 25.0 Å². The molecular formula is C15H20N6O. The first-order valence-corrected chi connectivity index (χ1v) is 7.51. The molecule has 1 unspecified atom stereocenters. The van der Waals surface area contributed by atoms with E-state index in [0.717, 1.165) is 31.3 Å². The number of amides is 1. The van der Waals surface area contributed by atoms with Gasteiger partial charge in [-0.25, -0.2) is 15.0 Å². The third kappa shape index (κ3) is 3.24. The number of likely N-dealkylation sites (N-methyl/N-ethyl adjacent to an activating group) is 1. The zero-order chi connectivity index (χ0) is 15.4. The molecule has 2 aromatic rings. The molecule has 2 N–H and O–H groups in total. The van der Waals surface area contributed by atoms with Crippen molar-refractivity contribution in [1.29, 1.82) is 0 Å². The number of aromatic nitrogens is 4. The lowest BCUT2D eigenvalue weighted by Crippen LogP contribution is -2.38. The molecule has 7 heteroatoms. The van der Waals surface area contributed by atoms with Crippen LogP contribution >= 0.6 is 0 Å². The van der Waals surface area contributed by atoms with Crippen molar-refractivity contribution in [1.82, 2.24) is 25.3 Å². The fourth-order valence-corrected chi connectivity index (χ4v) is 2.69. The maximum absolute atomic E-state index is 12.1. The standard InChI is InChI=1S/C15H20N6O/c1-21(15-13-14(18-9-17-13)19-10-20-15)8-12(22)16-7-11-5-3-2-4-6-11/h2-3,9-11H,4-8H2,1H3,(H,16,22)(H,17,18,19,20). The third-order valence-corrected chi connectivity index (χ3v) is 3.91. The van der Waals surface area contributed by atoms with E-state index >= 15 is 0 Å². The van der Waals surface area contributed by atoms with Crippen LogP contribution in [-0.2, 0) is 4.79 Å². The van der Waals surface area contributed by atoms with Crippen LogP contribution in [0, 0.1) is 5.92 Å². The minimum absolute atomic E-state index is 0.00308. The largest absolute Gasteiger partial charge is 0.354 e. The van der Waals surface area contributed by atoms with Crippen molar-refractivity contribution in [3.05, 3.63) is 24.8 Å². The number of carbonyl (C=O) groups excluding carboxylic acids is 1. The van der Waals surface area contributed by atoms with Gasteiger partial charge in [0.1, 0.15) is 11.8 Å². The monoisotopic (exact) mass is 300 g/mol. The summed E-state index contributed by atoms with van der Waals surface area (Å²) >= 11 is 0. The topological polar surface area (TPSA) is 86.8 Å². The van der Waals surface area contributed by atoms with Crippen LogP contribution in [-0.4, -0.2) is 46.0 Å². The van der Waals surface area contributed by atoms with E-state index in [1.165, 1.54) is 6.33 Å². The predicted octanol–water partition coefficient (Wildman–Crippen LogP) is 1.26. The van der Waals surface area contributed by atoms with E-state index in [0.29, 0.717) is 17.4 Å². The fourth-order valence-electron chi connectivity index (χ4n) is 2.69. The maximum Gasteiger partial charge on any atom is 0.239 e. The van der Waals surface area contributed by atoms with E-state index in [1.54, 1.807) is 11.2 Å². The summed E-state index contributed by atoms with van der Waals surface area (Å²) in [6.07, 6.45) is 10.7. The van der Waals surface area contributed by atoms with Crippen LogP contribution in [0.15, 0.2) is 24.8 Å². The van der Waals surface area contributed by atoms with Crippen LogP contribution in [0.3, 0.4) is 0 Å². The zero-order valence-electron chi connectivity index (χ0n) is 12.6. The highest BCUT2D eigenvalue weighted by molar-refractivity contribution is 5.86. The Morgan fingerprint density at radius 1 is 1.41 bits per heavy atom. The van der Waals surface area contributed by atoms with Gasteiger partial charge in [0.2, 0.25) is 5.91 Å². The molecule has 0 radical (unpaired) electrons. The van der Waals surface area contributed by atoms with Gasteiger partial charge in [0.25, 0.3) is 0 Å². The Kier molecular flexibility index (Phi) is 4.32. The number of rotatable bonds is 5. The first-order valence-electron chi connectivity index (χ1n) is 7.51. The molecule has 0 bridgehead atoms. The molecule has 0 aromatic carbocycles. The van der Waals surface area contributed by atoms with Gasteiger partial charge in [-0.3, -0.25) is 4.79 Å². The molecule has 116 valence electrons. The Morgan fingerprint density at radius 2 is 2.32 bits per heavy atom. The molecule has 1 aliphatic rings. The molecule has 0 fully saturated rings. The van der Waals surface area contributed by atoms with E-state index in [1.807, 2.05) is 7.05 Å². The van der Waals surface area contributed by atoms with Gasteiger partial charge >= 0.3 is 0 Å². The highest BCUT2D eigenvalue weighted by Crippen LogP contribution is 2.18. The smallest absolute Gasteiger partial charge is 0.239 e. The third-order valence-electron chi connectivity index (χ3n) is 3.91. The molecule has 0 aliphatic heterocycles. The molecule has 0 spiro atoms. The molecule has 0 saturated carbocycles. The molecule has 1 amide bonds. The number of imidazole rings is 1. The van der Waals surface area contributed by atoms with E-state index < -0.39 is 0 Å². The first kappa shape index (κ1) is 14.5. The lowest BCUT2D eigenvalue weighted by atomic mass is 9.94. The second kappa shape index (κ2) is 6.55. The Morgan fingerprint density at radius 3 is 3.14 bits per heavy atom. The van der Waals surface area contributed by atoms with E-state index in [-0.39, 0.29) is 12.5 Å². The summed E-state index contributed by atoms with van der Waals surface area (Å²) in [5, 5.41) is 3.01. The van der Waals surface area contributed by atoms with Gasteiger partial charge in [-0.05, 0) is 25.2 Å². The summed E-state index contributed by atoms with van der Waals surface area (Å²) in [4.78, 5) is 29.3. The molecule has 2 heterocycles. The molecule has 7 nitrogen and oxygen atoms in total. The number of nitrogens with one attached hydrogen (secondary N) is 2. The number of anilines is 1. The Bertz CT molecular complexity index is 679. The number of fused-ring (bicyclic) bond motifs is 1. The van der Waals surface area contributed by atoms with Gasteiger partial charge in [-0.1, -0.05) is 12.2 Å². The number of carbonyl (C=O) groups is 1. The van der Waals surface area contributed by atoms with E-state index in [2.05, 4.69) is 37.4 Å². The summed E-state index contributed by atoms with van der Waals surface area (Å²) in [6.45, 7) is 0.994. The Balaban J connectivity index is 1.56. The Hall–Kier alpha value is -2.44. The quantitative estimate of drug-likeness (QED) is 0.812. The van der Waals surface area contributed by atoms with Crippen molar-refractivity contribution >= 4 is 22.9 Å². The fraction of sp³-hybridized carbons (Fsp3) is 0.467. The lowest BCUT2D eigenvalue weighted by molar-refractivity contribution is -0.119. The predicted molar refractivity (Wildman–Crippen MR) is 84.4 cm³/mol. The second-order valence-corrected chi connectivity index (χ2v) is 5.61. The Labute approximate surface area is 128 Å². The summed E-state index contributed by atoms with van der Waals surface area (Å²) in [6, 6.07) is 0. The zero-order valence-corrected chi connectivity index (χ0v) is 12.6. The van der Waals surface area contributed by atoms with Gasteiger partial charge in [-0.2, -0.15) is 0 Å². The highest BCUT2D eigenvalue weighted by atomic mass is 16.2. The van der Waals surface area contributed by atoms with Crippen molar-refractivity contribution < 1.29 is 4.79 Å². The first-order chi connectivity index (χ1) is 10.7. The van der Waals surface area contributed by atoms with Crippen LogP contribution in [0.5, 0.6) is 0 Å².